The first kappa shape index (κ1) is 13.7. The van der Waals surface area contributed by atoms with Crippen molar-refractivity contribution in [2.24, 2.45) is 0 Å². The molecule has 2 fully saturated rings. The summed E-state index contributed by atoms with van der Waals surface area (Å²) in [6.45, 7) is 4.34. The molecule has 0 aromatic rings. The number of nitrogens with one attached hydrogen (secondary N) is 1. The van der Waals surface area contributed by atoms with E-state index in [2.05, 4.69) is 24.0 Å². The van der Waals surface area contributed by atoms with Gasteiger partial charge in [0.25, 0.3) is 0 Å². The summed E-state index contributed by atoms with van der Waals surface area (Å²) in [6, 6.07) is 0.744. The molecule has 0 radical (unpaired) electrons. The van der Waals surface area contributed by atoms with Gasteiger partial charge in [-0.25, -0.2) is 0 Å². The highest BCUT2D eigenvalue weighted by Crippen LogP contribution is 2.31. The van der Waals surface area contributed by atoms with Crippen molar-refractivity contribution in [3.8, 4) is 0 Å². The molecule has 3 unspecified atom stereocenters. The lowest BCUT2D eigenvalue weighted by atomic mass is 10.0. The Labute approximate surface area is 110 Å². The molecule has 2 heterocycles. The van der Waals surface area contributed by atoms with Crippen molar-refractivity contribution in [2.75, 3.05) is 18.9 Å². The molecule has 3 heteroatoms. The van der Waals surface area contributed by atoms with Gasteiger partial charge in [-0.2, -0.15) is 11.8 Å². The first-order valence-electron chi connectivity index (χ1n) is 7.36. The Balaban J connectivity index is 1.65. The van der Waals surface area contributed by atoms with E-state index < -0.39 is 0 Å². The Morgan fingerprint density at radius 1 is 1.35 bits per heavy atom. The molecule has 2 aliphatic heterocycles. The van der Waals surface area contributed by atoms with Gasteiger partial charge in [0, 0.05) is 17.9 Å². The van der Waals surface area contributed by atoms with Crippen LogP contribution in [-0.4, -0.2) is 36.3 Å². The van der Waals surface area contributed by atoms with E-state index in [1.807, 2.05) is 0 Å². The molecule has 2 saturated heterocycles. The second kappa shape index (κ2) is 7.65. The second-order valence-corrected chi connectivity index (χ2v) is 6.63. The number of hydrogen-bond acceptors (Lipinski definition) is 3. The van der Waals surface area contributed by atoms with Gasteiger partial charge >= 0.3 is 0 Å². The SMILES string of the molecule is CCNC(CCCC1CCCO1)C1CCCS1. The molecule has 2 nitrogen and oxygen atoms in total. The minimum absolute atomic E-state index is 0.577. The summed E-state index contributed by atoms with van der Waals surface area (Å²) in [5, 5.41) is 4.56. The van der Waals surface area contributed by atoms with Crippen LogP contribution in [0.1, 0.15) is 51.9 Å². The number of hydrogen-bond donors (Lipinski definition) is 1. The van der Waals surface area contributed by atoms with E-state index in [0.717, 1.165) is 24.4 Å². The van der Waals surface area contributed by atoms with Crippen LogP contribution < -0.4 is 5.32 Å². The number of ether oxygens (including phenoxy) is 1. The van der Waals surface area contributed by atoms with Crippen LogP contribution in [0.25, 0.3) is 0 Å². The van der Waals surface area contributed by atoms with E-state index in [0.29, 0.717) is 6.10 Å². The third kappa shape index (κ3) is 4.46. The summed E-state index contributed by atoms with van der Waals surface area (Å²) in [5.74, 6) is 1.37. The van der Waals surface area contributed by atoms with E-state index in [1.54, 1.807) is 0 Å². The summed E-state index contributed by atoms with van der Waals surface area (Å²) >= 11 is 2.18. The first-order valence-corrected chi connectivity index (χ1v) is 8.41. The molecule has 17 heavy (non-hydrogen) atoms. The zero-order valence-corrected chi connectivity index (χ0v) is 11.9. The maximum atomic E-state index is 5.69. The molecular weight excluding hydrogens is 230 g/mol. The van der Waals surface area contributed by atoms with Crippen molar-refractivity contribution in [1.29, 1.82) is 0 Å². The minimum atomic E-state index is 0.577. The smallest absolute Gasteiger partial charge is 0.0576 e. The summed E-state index contributed by atoms with van der Waals surface area (Å²) in [5.41, 5.74) is 0. The van der Waals surface area contributed by atoms with Gasteiger partial charge in [-0.05, 0) is 57.2 Å². The molecular formula is C14H27NOS. The average molecular weight is 257 g/mol. The largest absolute Gasteiger partial charge is 0.378 e. The number of rotatable bonds is 7. The van der Waals surface area contributed by atoms with Crippen LogP contribution in [0, 0.1) is 0 Å². The van der Waals surface area contributed by atoms with Gasteiger partial charge in [0.05, 0.1) is 6.10 Å². The lowest BCUT2D eigenvalue weighted by Gasteiger charge is -2.24. The molecule has 0 aliphatic carbocycles. The molecule has 3 atom stereocenters. The molecule has 2 rings (SSSR count). The highest BCUT2D eigenvalue weighted by Gasteiger charge is 2.25. The van der Waals surface area contributed by atoms with Gasteiger partial charge in [-0.1, -0.05) is 6.92 Å². The minimum Gasteiger partial charge on any atom is -0.378 e. The Morgan fingerprint density at radius 2 is 2.29 bits per heavy atom. The summed E-state index contributed by atoms with van der Waals surface area (Å²) in [4.78, 5) is 0. The molecule has 0 amide bonds. The molecule has 0 spiro atoms. The fraction of sp³-hybridized carbons (Fsp3) is 1.00. The Kier molecular flexibility index (Phi) is 6.16. The predicted molar refractivity (Wildman–Crippen MR) is 75.8 cm³/mol. The highest BCUT2D eigenvalue weighted by molar-refractivity contribution is 8.00. The maximum Gasteiger partial charge on any atom is 0.0576 e. The van der Waals surface area contributed by atoms with E-state index in [9.17, 15) is 0 Å². The zero-order chi connectivity index (χ0) is 11.9. The van der Waals surface area contributed by atoms with Crippen LogP contribution in [0.4, 0.5) is 0 Å². The van der Waals surface area contributed by atoms with Crippen LogP contribution in [0.3, 0.4) is 0 Å². The quantitative estimate of drug-likeness (QED) is 0.757. The highest BCUT2D eigenvalue weighted by atomic mass is 32.2. The summed E-state index contributed by atoms with van der Waals surface area (Å²) < 4.78 is 5.69. The maximum absolute atomic E-state index is 5.69. The van der Waals surface area contributed by atoms with E-state index >= 15 is 0 Å². The van der Waals surface area contributed by atoms with E-state index in [1.165, 1.54) is 50.7 Å². The van der Waals surface area contributed by atoms with Crippen LogP contribution in [0.2, 0.25) is 0 Å². The van der Waals surface area contributed by atoms with Crippen molar-refractivity contribution in [2.45, 2.75) is 69.3 Å². The molecule has 2 aliphatic rings. The molecule has 0 aromatic carbocycles. The van der Waals surface area contributed by atoms with Gasteiger partial charge in [0.1, 0.15) is 0 Å². The lowest BCUT2D eigenvalue weighted by Crippen LogP contribution is -2.37. The van der Waals surface area contributed by atoms with Gasteiger partial charge < -0.3 is 10.1 Å². The molecule has 100 valence electrons. The van der Waals surface area contributed by atoms with Crippen molar-refractivity contribution in [3.05, 3.63) is 0 Å². The Morgan fingerprint density at radius 3 is 2.94 bits per heavy atom. The topological polar surface area (TPSA) is 21.3 Å². The van der Waals surface area contributed by atoms with Crippen LogP contribution in [0.15, 0.2) is 0 Å². The zero-order valence-electron chi connectivity index (χ0n) is 11.1. The van der Waals surface area contributed by atoms with E-state index in [-0.39, 0.29) is 0 Å². The van der Waals surface area contributed by atoms with Gasteiger partial charge in [0.15, 0.2) is 0 Å². The van der Waals surface area contributed by atoms with Crippen molar-refractivity contribution >= 4 is 11.8 Å². The fourth-order valence-electron chi connectivity index (χ4n) is 3.04. The van der Waals surface area contributed by atoms with Crippen molar-refractivity contribution in [3.63, 3.8) is 0 Å². The molecule has 1 N–H and O–H groups in total. The lowest BCUT2D eigenvalue weighted by molar-refractivity contribution is 0.101. The first-order chi connectivity index (χ1) is 8.40. The number of thioether (sulfide) groups is 1. The van der Waals surface area contributed by atoms with E-state index in [4.69, 9.17) is 4.74 Å². The van der Waals surface area contributed by atoms with Crippen LogP contribution in [0.5, 0.6) is 0 Å². The molecule has 0 saturated carbocycles. The molecule has 0 bridgehead atoms. The summed E-state index contributed by atoms with van der Waals surface area (Å²) in [7, 11) is 0. The summed E-state index contributed by atoms with van der Waals surface area (Å²) in [6.07, 6.45) is 9.94. The van der Waals surface area contributed by atoms with Gasteiger partial charge in [-0.3, -0.25) is 0 Å². The second-order valence-electron chi connectivity index (χ2n) is 5.28. The van der Waals surface area contributed by atoms with Gasteiger partial charge in [-0.15, -0.1) is 0 Å². The average Bonchev–Trinajstić information content (AvgIpc) is 3.01. The molecule has 0 aromatic heterocycles. The van der Waals surface area contributed by atoms with Crippen LogP contribution in [-0.2, 0) is 4.74 Å². The fourth-order valence-corrected chi connectivity index (χ4v) is 4.47. The third-order valence-corrected chi connectivity index (χ3v) is 5.46. The third-order valence-electron chi connectivity index (χ3n) is 3.95. The monoisotopic (exact) mass is 257 g/mol. The Hall–Kier alpha value is 0.270. The Bertz CT molecular complexity index is 200. The van der Waals surface area contributed by atoms with Crippen molar-refractivity contribution in [1.82, 2.24) is 5.32 Å². The normalized spacial score (nSPS) is 30.9. The van der Waals surface area contributed by atoms with Crippen LogP contribution >= 0.6 is 11.8 Å². The predicted octanol–water partition coefficient (Wildman–Crippen LogP) is 3.21. The van der Waals surface area contributed by atoms with Crippen molar-refractivity contribution < 1.29 is 4.74 Å². The van der Waals surface area contributed by atoms with Gasteiger partial charge in [0.2, 0.25) is 0 Å². The standard InChI is InChI=1S/C14H27NOS/c1-2-15-13(14-9-5-11-17-14)8-3-6-12-7-4-10-16-12/h12-15H,2-11H2,1H3.